The lowest BCUT2D eigenvalue weighted by atomic mass is 9.95. The van der Waals surface area contributed by atoms with Crippen molar-refractivity contribution in [3.63, 3.8) is 0 Å². The van der Waals surface area contributed by atoms with Crippen LogP contribution in [-0.2, 0) is 14.3 Å². The summed E-state index contributed by atoms with van der Waals surface area (Å²) in [5, 5.41) is 3.08. The zero-order valence-electron chi connectivity index (χ0n) is 20.9. The van der Waals surface area contributed by atoms with Crippen molar-refractivity contribution in [3.8, 4) is 0 Å². The van der Waals surface area contributed by atoms with Gasteiger partial charge in [-0.2, -0.15) is 0 Å². The minimum absolute atomic E-state index is 0.0182. The lowest BCUT2D eigenvalue weighted by Gasteiger charge is -2.34. The van der Waals surface area contributed by atoms with Gasteiger partial charge in [0.15, 0.2) is 5.78 Å². The molecule has 35 heavy (non-hydrogen) atoms. The SMILES string of the molecule is CC[C@H]1CN(C(=O)C(NC(=O)c2ccc(N3CCN(C)CC3)cc2)C2CCCC2)[C@@H]2C(=O)CO[C@@H]12. The van der Waals surface area contributed by atoms with Crippen molar-refractivity contribution >= 4 is 23.3 Å². The number of likely N-dealkylation sites (N-methyl/N-ethyl adjacent to an activating group) is 1. The number of amides is 2. The number of carbonyl (C=O) groups excluding carboxylic acids is 3. The van der Waals surface area contributed by atoms with Gasteiger partial charge in [-0.3, -0.25) is 14.4 Å². The number of fused-ring (bicyclic) bond motifs is 1. The van der Waals surface area contributed by atoms with Crippen LogP contribution in [0.4, 0.5) is 5.69 Å². The highest BCUT2D eigenvalue weighted by molar-refractivity contribution is 5.99. The summed E-state index contributed by atoms with van der Waals surface area (Å²) in [6.07, 6.45) is 4.62. The highest BCUT2D eigenvalue weighted by atomic mass is 16.5. The Balaban J connectivity index is 1.30. The first-order valence-electron chi connectivity index (χ1n) is 13.3. The maximum absolute atomic E-state index is 13.8. The van der Waals surface area contributed by atoms with E-state index in [2.05, 4.69) is 29.1 Å². The van der Waals surface area contributed by atoms with Crippen molar-refractivity contribution in [1.82, 2.24) is 15.1 Å². The Kier molecular flexibility index (Phi) is 7.12. The van der Waals surface area contributed by atoms with Crippen LogP contribution in [0.25, 0.3) is 0 Å². The Morgan fingerprint density at radius 1 is 1.09 bits per heavy atom. The molecular formula is C27H38N4O4. The van der Waals surface area contributed by atoms with E-state index in [0.717, 1.165) is 64.0 Å². The van der Waals surface area contributed by atoms with Crippen LogP contribution >= 0.6 is 0 Å². The summed E-state index contributed by atoms with van der Waals surface area (Å²) in [6, 6.07) is 6.60. The number of rotatable bonds is 6. The molecule has 0 radical (unpaired) electrons. The Labute approximate surface area is 207 Å². The van der Waals surface area contributed by atoms with Crippen molar-refractivity contribution in [1.29, 1.82) is 0 Å². The lowest BCUT2D eigenvalue weighted by Crippen LogP contribution is -2.54. The summed E-state index contributed by atoms with van der Waals surface area (Å²) in [7, 11) is 2.13. The van der Waals surface area contributed by atoms with Gasteiger partial charge in [0.05, 0.1) is 6.10 Å². The van der Waals surface area contributed by atoms with E-state index in [1.54, 1.807) is 4.90 Å². The molecule has 190 valence electrons. The number of likely N-dealkylation sites (tertiary alicyclic amines) is 1. The fourth-order valence-corrected chi connectivity index (χ4v) is 6.31. The van der Waals surface area contributed by atoms with Gasteiger partial charge >= 0.3 is 0 Å². The molecule has 0 bridgehead atoms. The van der Waals surface area contributed by atoms with Crippen molar-refractivity contribution < 1.29 is 19.1 Å². The van der Waals surface area contributed by atoms with E-state index in [1.807, 2.05) is 24.3 Å². The van der Waals surface area contributed by atoms with Crippen molar-refractivity contribution in [2.24, 2.45) is 11.8 Å². The lowest BCUT2D eigenvalue weighted by molar-refractivity contribution is -0.139. The van der Waals surface area contributed by atoms with Gasteiger partial charge in [0, 0.05) is 49.9 Å². The van der Waals surface area contributed by atoms with Crippen molar-refractivity contribution in [2.45, 2.75) is 57.2 Å². The van der Waals surface area contributed by atoms with Gasteiger partial charge in [-0.05, 0) is 56.5 Å². The molecule has 4 aliphatic rings. The number of benzene rings is 1. The van der Waals surface area contributed by atoms with Gasteiger partial charge in [0.1, 0.15) is 18.7 Å². The molecule has 2 amide bonds. The quantitative estimate of drug-likeness (QED) is 0.667. The Morgan fingerprint density at radius 3 is 2.43 bits per heavy atom. The second-order valence-electron chi connectivity index (χ2n) is 10.7. The summed E-state index contributed by atoms with van der Waals surface area (Å²) >= 11 is 0. The standard InChI is InChI=1S/C27H38N4O4/c1-3-18-16-31(24-22(32)17-35-25(18)24)27(34)23(19-6-4-5-7-19)28-26(33)20-8-10-21(11-9-20)30-14-12-29(2)13-15-30/h8-11,18-19,23-25H,3-7,12-17H2,1-2H3,(H,28,33)/t18-,23?,24+,25-/m0/s1. The first-order valence-corrected chi connectivity index (χ1v) is 13.3. The summed E-state index contributed by atoms with van der Waals surface area (Å²) in [4.78, 5) is 46.1. The van der Waals surface area contributed by atoms with Crippen LogP contribution in [0.2, 0.25) is 0 Å². The third-order valence-corrected chi connectivity index (χ3v) is 8.52. The van der Waals surface area contributed by atoms with Crippen LogP contribution < -0.4 is 10.2 Å². The van der Waals surface area contributed by atoms with E-state index in [-0.39, 0.29) is 42.1 Å². The predicted octanol–water partition coefficient (Wildman–Crippen LogP) is 1.93. The number of nitrogens with zero attached hydrogens (tertiary/aromatic N) is 3. The Hall–Kier alpha value is -2.45. The average molecular weight is 483 g/mol. The van der Waals surface area contributed by atoms with Gasteiger partial charge in [-0.25, -0.2) is 0 Å². The highest BCUT2D eigenvalue weighted by Crippen LogP contribution is 2.36. The summed E-state index contributed by atoms with van der Waals surface area (Å²) in [5.74, 6) is -0.0959. The van der Waals surface area contributed by atoms with Crippen LogP contribution in [0.3, 0.4) is 0 Å². The van der Waals surface area contributed by atoms with Gasteiger partial charge < -0.3 is 24.8 Å². The molecule has 4 fully saturated rings. The minimum atomic E-state index is -0.605. The largest absolute Gasteiger partial charge is 0.369 e. The van der Waals surface area contributed by atoms with E-state index in [4.69, 9.17) is 4.74 Å². The normalized spacial score (nSPS) is 28.4. The van der Waals surface area contributed by atoms with E-state index in [1.165, 1.54) is 0 Å². The Bertz CT molecular complexity index is 937. The third kappa shape index (κ3) is 4.83. The fraction of sp³-hybridized carbons (Fsp3) is 0.667. The molecule has 1 saturated carbocycles. The topological polar surface area (TPSA) is 82.2 Å². The zero-order chi connectivity index (χ0) is 24.5. The number of piperazine rings is 1. The van der Waals surface area contributed by atoms with Crippen LogP contribution in [0.1, 0.15) is 49.4 Å². The Morgan fingerprint density at radius 2 is 1.77 bits per heavy atom. The smallest absolute Gasteiger partial charge is 0.251 e. The number of anilines is 1. The minimum Gasteiger partial charge on any atom is -0.369 e. The number of nitrogens with one attached hydrogen (secondary N) is 1. The number of hydrogen-bond acceptors (Lipinski definition) is 6. The molecule has 5 rings (SSSR count). The highest BCUT2D eigenvalue weighted by Gasteiger charge is 2.53. The molecule has 4 atom stereocenters. The van der Waals surface area contributed by atoms with Gasteiger partial charge in [0.2, 0.25) is 5.91 Å². The van der Waals surface area contributed by atoms with Crippen LogP contribution in [0.5, 0.6) is 0 Å². The number of carbonyl (C=O) groups is 3. The number of ether oxygens (including phenoxy) is 1. The molecule has 1 aromatic carbocycles. The van der Waals surface area contributed by atoms with Gasteiger partial charge in [-0.1, -0.05) is 19.8 Å². The first-order chi connectivity index (χ1) is 17.0. The van der Waals surface area contributed by atoms with Crippen LogP contribution in [-0.4, -0.2) is 92.0 Å². The molecule has 0 spiro atoms. The summed E-state index contributed by atoms with van der Waals surface area (Å²) < 4.78 is 5.76. The molecule has 3 heterocycles. The molecule has 1 aliphatic carbocycles. The molecular weight excluding hydrogens is 444 g/mol. The van der Waals surface area contributed by atoms with Crippen molar-refractivity contribution in [3.05, 3.63) is 29.8 Å². The molecule has 1 N–H and O–H groups in total. The molecule has 8 heteroatoms. The number of hydrogen-bond donors (Lipinski definition) is 1. The van der Waals surface area contributed by atoms with E-state index in [0.29, 0.717) is 12.1 Å². The van der Waals surface area contributed by atoms with Gasteiger partial charge in [0.25, 0.3) is 5.91 Å². The second-order valence-corrected chi connectivity index (χ2v) is 10.7. The average Bonchev–Trinajstić information content (AvgIpc) is 3.62. The second kappa shape index (κ2) is 10.3. The van der Waals surface area contributed by atoms with Crippen LogP contribution in [0.15, 0.2) is 24.3 Å². The van der Waals surface area contributed by atoms with Crippen molar-refractivity contribution in [2.75, 3.05) is 51.3 Å². The number of Topliss-reactive ketones (excluding diaryl/α,β-unsaturated/α-hetero) is 1. The molecule has 0 aromatic heterocycles. The van der Waals surface area contributed by atoms with E-state index >= 15 is 0 Å². The molecule has 3 aliphatic heterocycles. The van der Waals surface area contributed by atoms with E-state index in [9.17, 15) is 14.4 Å². The van der Waals surface area contributed by atoms with Crippen LogP contribution in [0, 0.1) is 11.8 Å². The fourth-order valence-electron chi connectivity index (χ4n) is 6.31. The molecule has 1 aromatic rings. The molecule has 8 nitrogen and oxygen atoms in total. The van der Waals surface area contributed by atoms with E-state index < -0.39 is 12.1 Å². The maximum atomic E-state index is 13.8. The third-order valence-electron chi connectivity index (χ3n) is 8.52. The summed E-state index contributed by atoms with van der Waals surface area (Å²) in [6.45, 7) is 6.67. The monoisotopic (exact) mass is 482 g/mol. The molecule has 3 saturated heterocycles. The first kappa shape index (κ1) is 24.3. The maximum Gasteiger partial charge on any atom is 0.251 e. The summed E-state index contributed by atoms with van der Waals surface area (Å²) in [5.41, 5.74) is 1.68. The zero-order valence-corrected chi connectivity index (χ0v) is 20.9. The molecule has 1 unspecified atom stereocenters. The van der Waals surface area contributed by atoms with Gasteiger partial charge in [-0.15, -0.1) is 0 Å². The number of ketones is 1. The predicted molar refractivity (Wildman–Crippen MR) is 133 cm³/mol.